The maximum absolute atomic E-state index is 9.72. The molecule has 0 fully saturated rings. The van der Waals surface area contributed by atoms with Crippen LogP contribution in [0.25, 0.3) is 0 Å². The van der Waals surface area contributed by atoms with Crippen molar-refractivity contribution in [1.82, 2.24) is 0 Å². The Morgan fingerprint density at radius 3 is 2.09 bits per heavy atom. The molecule has 0 aromatic heterocycles. The molecule has 56 valence electrons. The number of hydrogen-bond acceptors (Lipinski definition) is 5. The Hall–Kier alpha value is 2.07. The number of rotatable bonds is 4. The van der Waals surface area contributed by atoms with Crippen LogP contribution in [0.4, 0.5) is 0 Å². The molecule has 0 radical (unpaired) electrons. The molecule has 0 amide bonds. The molecule has 0 rings (SSSR count). The molecule has 0 atom stereocenters. The van der Waals surface area contributed by atoms with Crippen LogP contribution < -0.4 is 74.6 Å². The van der Waals surface area contributed by atoms with Gasteiger partial charge >= 0.3 is 59.1 Å². The molecule has 0 heterocycles. The van der Waals surface area contributed by atoms with Gasteiger partial charge in [-0.2, -0.15) is 0 Å². The topological polar surface area (TPSA) is 98.4 Å². The van der Waals surface area contributed by atoms with Crippen molar-refractivity contribution in [3.8, 4) is 0 Å². The second kappa shape index (κ2) is 10.2. The van der Waals surface area contributed by atoms with Crippen molar-refractivity contribution < 1.29 is 78.0 Å². The quantitative estimate of drug-likeness (QED) is 0.275. The summed E-state index contributed by atoms with van der Waals surface area (Å²) in [6.45, 7) is 0.209. The largest absolute Gasteiger partial charge is 1.00 e. The Morgan fingerprint density at radius 2 is 1.82 bits per heavy atom. The predicted octanol–water partition coefficient (Wildman–Crippen LogP) is -7.81. The molecular weight excluding hydrogens is 191 g/mol. The van der Waals surface area contributed by atoms with Gasteiger partial charge in [0, 0.05) is 0 Å². The van der Waals surface area contributed by atoms with Crippen LogP contribution in [0.3, 0.4) is 0 Å². The van der Waals surface area contributed by atoms with Crippen LogP contribution in [0, 0.1) is 0 Å². The molecule has 0 spiro atoms. The fourth-order valence-corrected chi connectivity index (χ4v) is 0.612. The first kappa shape index (κ1) is 18.8. The number of phosphoric ester groups is 1. The Balaban J connectivity index is -0.000000320. The third-order valence-corrected chi connectivity index (χ3v) is 1.10. The first-order valence-electron chi connectivity index (χ1n) is 2.43. The van der Waals surface area contributed by atoms with Gasteiger partial charge in [0.1, 0.15) is 0 Å². The fourth-order valence-electron chi connectivity index (χ4n) is 0.260. The molecule has 2 N–H and O–H groups in total. The van der Waals surface area contributed by atoms with Crippen molar-refractivity contribution in [2.45, 2.75) is 6.42 Å². The van der Waals surface area contributed by atoms with Crippen molar-refractivity contribution in [3.05, 3.63) is 0 Å². The van der Waals surface area contributed by atoms with Gasteiger partial charge in [0.2, 0.25) is 0 Å². The van der Waals surface area contributed by atoms with Crippen LogP contribution in [-0.2, 0) is 9.09 Å². The van der Waals surface area contributed by atoms with Gasteiger partial charge in [0.25, 0.3) is 0 Å². The van der Waals surface area contributed by atoms with Gasteiger partial charge in [0.15, 0.2) is 0 Å². The molecule has 0 aromatic rings. The third kappa shape index (κ3) is 18.8. The molecule has 0 aliphatic rings. The number of hydrogen-bond donors (Lipinski definition) is 1. The van der Waals surface area contributed by atoms with E-state index in [1.165, 1.54) is 0 Å². The average Bonchev–Trinajstić information content (AvgIpc) is 1.63. The minimum atomic E-state index is -4.75. The van der Waals surface area contributed by atoms with Crippen LogP contribution in [0.15, 0.2) is 0 Å². The summed E-state index contributed by atoms with van der Waals surface area (Å²) in [7, 11) is -4.75. The van der Waals surface area contributed by atoms with Crippen molar-refractivity contribution in [2.24, 2.45) is 5.73 Å². The van der Waals surface area contributed by atoms with Gasteiger partial charge in [0.05, 0.1) is 14.4 Å². The minimum Gasteiger partial charge on any atom is -0.790 e. The van der Waals surface area contributed by atoms with Crippen LogP contribution in [0.5, 0.6) is 0 Å². The first-order valence-corrected chi connectivity index (χ1v) is 3.89. The van der Waals surface area contributed by atoms with Gasteiger partial charge in [-0.05, 0) is 13.0 Å². The fraction of sp³-hybridized carbons (Fsp3) is 1.00. The van der Waals surface area contributed by atoms with E-state index in [-0.39, 0.29) is 65.7 Å². The van der Waals surface area contributed by atoms with Crippen LogP contribution in [0.1, 0.15) is 6.42 Å². The van der Waals surface area contributed by atoms with E-state index in [0.29, 0.717) is 13.0 Å². The van der Waals surface area contributed by atoms with Crippen molar-refractivity contribution in [2.75, 3.05) is 13.2 Å². The molecule has 0 aromatic carbocycles. The molecule has 0 saturated carbocycles. The van der Waals surface area contributed by atoms with E-state index in [1.807, 2.05) is 0 Å². The maximum atomic E-state index is 9.72. The van der Waals surface area contributed by atoms with Gasteiger partial charge in [-0.25, -0.2) is 0 Å². The SMILES string of the molecule is NCCCOP(=O)([O-])[O-].[Na+].[Na+]. The second-order valence-electron chi connectivity index (χ2n) is 1.42. The predicted molar refractivity (Wildman–Crippen MR) is 27.2 cm³/mol. The molecule has 0 aliphatic carbocycles. The van der Waals surface area contributed by atoms with Crippen LogP contribution >= 0.6 is 7.82 Å². The van der Waals surface area contributed by atoms with Gasteiger partial charge < -0.3 is 24.6 Å². The summed E-state index contributed by atoms with van der Waals surface area (Å²) in [5, 5.41) is 0. The normalized spacial score (nSPS) is 9.73. The van der Waals surface area contributed by atoms with Crippen molar-refractivity contribution >= 4 is 7.82 Å². The standard InChI is InChI=1S/C3H10NO4P.2Na/c4-2-1-3-8-9(5,6)7;;/h1-4H2,(H2,5,6,7);;/q;2*+1/p-2. The summed E-state index contributed by atoms with van der Waals surface area (Å²) in [6.07, 6.45) is 0.383. The maximum Gasteiger partial charge on any atom is 1.00 e. The van der Waals surface area contributed by atoms with E-state index < -0.39 is 7.82 Å². The van der Waals surface area contributed by atoms with Crippen molar-refractivity contribution in [1.29, 1.82) is 0 Å². The molecule has 0 saturated heterocycles. The average molecular weight is 199 g/mol. The Morgan fingerprint density at radius 1 is 1.36 bits per heavy atom. The van der Waals surface area contributed by atoms with Gasteiger partial charge in [-0.3, -0.25) is 0 Å². The second-order valence-corrected chi connectivity index (χ2v) is 2.58. The van der Waals surface area contributed by atoms with Gasteiger partial charge in [-0.1, -0.05) is 0 Å². The third-order valence-electron chi connectivity index (χ3n) is 0.598. The summed E-state index contributed by atoms with van der Waals surface area (Å²) < 4.78 is 13.5. The van der Waals surface area contributed by atoms with E-state index in [2.05, 4.69) is 4.52 Å². The minimum absolute atomic E-state index is 0. The number of phosphoric acid groups is 1. The molecule has 8 heteroatoms. The van der Waals surface area contributed by atoms with E-state index in [0.717, 1.165) is 0 Å². The summed E-state index contributed by atoms with van der Waals surface area (Å²) in [6, 6.07) is 0. The zero-order valence-electron chi connectivity index (χ0n) is 6.78. The smallest absolute Gasteiger partial charge is 0.790 e. The van der Waals surface area contributed by atoms with E-state index in [1.54, 1.807) is 0 Å². The van der Waals surface area contributed by atoms with Crippen molar-refractivity contribution in [3.63, 3.8) is 0 Å². The first-order chi connectivity index (χ1) is 4.06. The van der Waals surface area contributed by atoms with E-state index in [4.69, 9.17) is 5.73 Å². The molecule has 0 unspecified atom stereocenters. The Labute approximate surface area is 110 Å². The van der Waals surface area contributed by atoms with Gasteiger partial charge in [-0.15, -0.1) is 0 Å². The summed E-state index contributed by atoms with van der Waals surface area (Å²) in [4.78, 5) is 19.4. The monoisotopic (exact) mass is 199 g/mol. The summed E-state index contributed by atoms with van der Waals surface area (Å²) in [5.74, 6) is 0. The van der Waals surface area contributed by atoms with E-state index >= 15 is 0 Å². The summed E-state index contributed by atoms with van der Waals surface area (Å²) in [5.41, 5.74) is 4.98. The van der Waals surface area contributed by atoms with Crippen LogP contribution in [-0.4, -0.2) is 13.2 Å². The van der Waals surface area contributed by atoms with Crippen LogP contribution in [0.2, 0.25) is 0 Å². The molecule has 11 heavy (non-hydrogen) atoms. The Bertz CT molecular complexity index is 118. The zero-order chi connectivity index (χ0) is 7.33. The molecule has 5 nitrogen and oxygen atoms in total. The van der Waals surface area contributed by atoms with E-state index in [9.17, 15) is 14.4 Å². The molecule has 0 bridgehead atoms. The molecular formula is C3H8NNa2O4P. The number of nitrogens with two attached hydrogens (primary N) is 1. The Kier molecular flexibility index (Phi) is 17.3. The summed E-state index contributed by atoms with van der Waals surface area (Å²) >= 11 is 0. The zero-order valence-corrected chi connectivity index (χ0v) is 11.7. The molecule has 0 aliphatic heterocycles.